The van der Waals surface area contributed by atoms with Crippen LogP contribution < -0.4 is 15.0 Å². The number of hydrogen-bond acceptors (Lipinski definition) is 4. The Kier molecular flexibility index (Phi) is 7.37. The largest absolute Gasteiger partial charge is 0.482 e. The number of piperazine rings is 1. The third-order valence-electron chi connectivity index (χ3n) is 5.37. The zero-order valence-electron chi connectivity index (χ0n) is 17.8. The number of para-hydroxylation sites is 3. The van der Waals surface area contributed by atoms with Crippen molar-refractivity contribution < 1.29 is 14.3 Å². The van der Waals surface area contributed by atoms with Crippen LogP contribution in [0.5, 0.6) is 5.75 Å². The number of carbonyl (C=O) groups is 2. The molecule has 0 saturated carbocycles. The van der Waals surface area contributed by atoms with E-state index in [-0.39, 0.29) is 18.4 Å². The Bertz CT molecular complexity index is 1130. The highest BCUT2D eigenvalue weighted by Crippen LogP contribution is 2.27. The minimum absolute atomic E-state index is 0.00961. The number of nitrogens with one attached hydrogen (secondary N) is 1. The van der Waals surface area contributed by atoms with Crippen LogP contribution in [-0.4, -0.2) is 49.5 Å². The van der Waals surface area contributed by atoms with E-state index in [9.17, 15) is 9.59 Å². The van der Waals surface area contributed by atoms with Gasteiger partial charge in [0.25, 0.3) is 11.8 Å². The van der Waals surface area contributed by atoms with Crippen molar-refractivity contribution in [2.75, 3.05) is 43.0 Å². The summed E-state index contributed by atoms with van der Waals surface area (Å²) in [5.74, 6) is 0.174. The zero-order valence-corrected chi connectivity index (χ0v) is 19.4. The van der Waals surface area contributed by atoms with Crippen LogP contribution in [0.4, 0.5) is 11.4 Å². The van der Waals surface area contributed by atoms with Crippen molar-refractivity contribution in [1.82, 2.24) is 4.90 Å². The van der Waals surface area contributed by atoms with Gasteiger partial charge in [-0.05, 0) is 48.5 Å². The number of halogens is 2. The van der Waals surface area contributed by atoms with Gasteiger partial charge in [0.2, 0.25) is 0 Å². The molecule has 1 aliphatic heterocycles. The summed E-state index contributed by atoms with van der Waals surface area (Å²) in [6, 6.07) is 21.6. The number of benzene rings is 3. The van der Waals surface area contributed by atoms with Crippen molar-refractivity contribution >= 4 is 46.4 Å². The fourth-order valence-corrected chi connectivity index (χ4v) is 3.99. The number of amides is 2. The number of anilines is 2. The van der Waals surface area contributed by atoms with Crippen molar-refractivity contribution in [3.05, 3.63) is 88.4 Å². The molecule has 0 spiro atoms. The molecule has 2 amide bonds. The lowest BCUT2D eigenvalue weighted by molar-refractivity contribution is -0.118. The average molecular weight is 484 g/mol. The standard InChI is InChI=1S/C25H23Cl2N3O3/c26-19-11-9-18(10-12-19)25(32)30-15-13-29(14-16-30)22-7-3-2-6-21(22)28-24(31)17-33-23-8-4-1-5-20(23)27/h1-12H,13-17H2,(H,28,31). The maximum atomic E-state index is 12.8. The first kappa shape index (κ1) is 23.0. The molecular weight excluding hydrogens is 461 g/mol. The van der Waals surface area contributed by atoms with E-state index in [4.69, 9.17) is 27.9 Å². The molecule has 3 aromatic rings. The topological polar surface area (TPSA) is 61.9 Å². The van der Waals surface area contributed by atoms with Crippen molar-refractivity contribution in [1.29, 1.82) is 0 Å². The molecule has 3 aromatic carbocycles. The lowest BCUT2D eigenvalue weighted by Gasteiger charge is -2.37. The van der Waals surface area contributed by atoms with Crippen molar-refractivity contribution in [3.8, 4) is 5.75 Å². The van der Waals surface area contributed by atoms with E-state index in [1.807, 2.05) is 29.2 Å². The number of hydrogen-bond donors (Lipinski definition) is 1. The van der Waals surface area contributed by atoms with Crippen LogP contribution in [0.15, 0.2) is 72.8 Å². The molecule has 0 radical (unpaired) electrons. The quantitative estimate of drug-likeness (QED) is 0.537. The molecule has 1 N–H and O–H groups in total. The Hall–Kier alpha value is -3.22. The molecule has 6 nitrogen and oxygen atoms in total. The van der Waals surface area contributed by atoms with Gasteiger partial charge in [-0.15, -0.1) is 0 Å². The summed E-state index contributed by atoms with van der Waals surface area (Å²) in [6.07, 6.45) is 0. The predicted octanol–water partition coefficient (Wildman–Crippen LogP) is 4.97. The molecule has 0 aliphatic carbocycles. The van der Waals surface area contributed by atoms with E-state index in [0.717, 1.165) is 5.69 Å². The molecule has 0 atom stereocenters. The molecule has 8 heteroatoms. The predicted molar refractivity (Wildman–Crippen MR) is 132 cm³/mol. The highest BCUT2D eigenvalue weighted by atomic mass is 35.5. The van der Waals surface area contributed by atoms with Gasteiger partial charge in [0.1, 0.15) is 5.75 Å². The van der Waals surface area contributed by atoms with E-state index in [2.05, 4.69) is 10.2 Å². The van der Waals surface area contributed by atoms with Crippen LogP contribution >= 0.6 is 23.2 Å². The first-order valence-electron chi connectivity index (χ1n) is 10.6. The second-order valence-electron chi connectivity index (χ2n) is 7.57. The Morgan fingerprint density at radius 1 is 0.848 bits per heavy atom. The summed E-state index contributed by atoms with van der Waals surface area (Å²) in [5.41, 5.74) is 2.23. The lowest BCUT2D eigenvalue weighted by Crippen LogP contribution is -2.49. The van der Waals surface area contributed by atoms with Crippen LogP contribution in [0.25, 0.3) is 0 Å². The summed E-state index contributed by atoms with van der Waals surface area (Å²) in [6.45, 7) is 2.32. The van der Waals surface area contributed by atoms with Crippen LogP contribution in [0.1, 0.15) is 10.4 Å². The van der Waals surface area contributed by atoms with Gasteiger partial charge in [0.15, 0.2) is 6.61 Å². The van der Waals surface area contributed by atoms with Crippen molar-refractivity contribution in [2.45, 2.75) is 0 Å². The zero-order chi connectivity index (χ0) is 23.2. The third-order valence-corrected chi connectivity index (χ3v) is 5.94. The highest BCUT2D eigenvalue weighted by molar-refractivity contribution is 6.32. The van der Waals surface area contributed by atoms with Crippen molar-refractivity contribution in [2.24, 2.45) is 0 Å². The molecule has 0 aromatic heterocycles. The van der Waals surface area contributed by atoms with E-state index >= 15 is 0 Å². The summed E-state index contributed by atoms with van der Waals surface area (Å²) in [5, 5.41) is 3.98. The molecule has 33 heavy (non-hydrogen) atoms. The van der Waals surface area contributed by atoms with Crippen LogP contribution in [-0.2, 0) is 4.79 Å². The first-order chi connectivity index (χ1) is 16.0. The molecule has 1 fully saturated rings. The van der Waals surface area contributed by atoms with E-state index in [1.165, 1.54) is 0 Å². The van der Waals surface area contributed by atoms with Gasteiger partial charge in [-0.2, -0.15) is 0 Å². The Labute approximate surface area is 202 Å². The molecule has 4 rings (SSSR count). The summed E-state index contributed by atoms with van der Waals surface area (Å²) < 4.78 is 5.54. The minimum atomic E-state index is -0.279. The van der Waals surface area contributed by atoms with Gasteiger partial charge in [0, 0.05) is 36.8 Å². The molecular formula is C25H23Cl2N3O3. The van der Waals surface area contributed by atoms with Gasteiger partial charge in [0.05, 0.1) is 16.4 Å². The molecule has 1 heterocycles. The summed E-state index contributed by atoms with van der Waals surface area (Å²) >= 11 is 12.0. The fraction of sp³-hybridized carbons (Fsp3) is 0.200. The fourth-order valence-electron chi connectivity index (χ4n) is 3.67. The Morgan fingerprint density at radius 2 is 1.52 bits per heavy atom. The monoisotopic (exact) mass is 483 g/mol. The minimum Gasteiger partial charge on any atom is -0.482 e. The van der Waals surface area contributed by atoms with Crippen LogP contribution in [0.2, 0.25) is 10.0 Å². The van der Waals surface area contributed by atoms with Gasteiger partial charge >= 0.3 is 0 Å². The van der Waals surface area contributed by atoms with E-state index in [1.54, 1.807) is 48.5 Å². The molecule has 0 unspecified atom stereocenters. The number of carbonyl (C=O) groups excluding carboxylic acids is 2. The maximum absolute atomic E-state index is 12.8. The molecule has 1 saturated heterocycles. The van der Waals surface area contributed by atoms with Gasteiger partial charge in [-0.25, -0.2) is 0 Å². The van der Waals surface area contributed by atoms with Gasteiger partial charge in [-0.1, -0.05) is 47.5 Å². The van der Waals surface area contributed by atoms with Gasteiger partial charge in [-0.3, -0.25) is 9.59 Å². The second kappa shape index (κ2) is 10.6. The van der Waals surface area contributed by atoms with Crippen LogP contribution in [0.3, 0.4) is 0 Å². The summed E-state index contributed by atoms with van der Waals surface area (Å²) in [4.78, 5) is 29.3. The van der Waals surface area contributed by atoms with Crippen LogP contribution in [0, 0.1) is 0 Å². The molecule has 0 bridgehead atoms. The molecule has 170 valence electrons. The first-order valence-corrected chi connectivity index (χ1v) is 11.3. The third kappa shape index (κ3) is 5.78. The maximum Gasteiger partial charge on any atom is 0.262 e. The van der Waals surface area contributed by atoms with E-state index < -0.39 is 0 Å². The van der Waals surface area contributed by atoms with Gasteiger partial charge < -0.3 is 19.9 Å². The van der Waals surface area contributed by atoms with E-state index in [0.29, 0.717) is 53.2 Å². The Balaban J connectivity index is 1.35. The highest BCUT2D eigenvalue weighted by Gasteiger charge is 2.24. The Morgan fingerprint density at radius 3 is 2.24 bits per heavy atom. The van der Waals surface area contributed by atoms with Crippen molar-refractivity contribution in [3.63, 3.8) is 0 Å². The smallest absolute Gasteiger partial charge is 0.262 e. The second-order valence-corrected chi connectivity index (χ2v) is 8.41. The lowest BCUT2D eigenvalue weighted by atomic mass is 10.1. The number of ether oxygens (including phenoxy) is 1. The summed E-state index contributed by atoms with van der Waals surface area (Å²) in [7, 11) is 0. The SMILES string of the molecule is O=C(COc1ccccc1Cl)Nc1ccccc1N1CCN(C(=O)c2ccc(Cl)cc2)CC1. The number of rotatable bonds is 6. The normalized spacial score (nSPS) is 13.5. The average Bonchev–Trinajstić information content (AvgIpc) is 2.84. The number of nitrogens with zero attached hydrogens (tertiary/aromatic N) is 2. The molecule has 1 aliphatic rings.